The maximum atomic E-state index is 10.9. The highest BCUT2D eigenvalue weighted by molar-refractivity contribution is 8.13. The number of hydrogen-bond acceptors (Lipinski definition) is 3. The minimum absolute atomic E-state index is 0.131. The van der Waals surface area contributed by atoms with Gasteiger partial charge in [0.2, 0.25) is 0 Å². The fraction of sp³-hybridized carbons (Fsp3) is 0. The first-order valence-electron chi connectivity index (χ1n) is 3.30. The topological polar surface area (TPSA) is 71.4 Å². The van der Waals surface area contributed by atoms with Gasteiger partial charge in [0.15, 0.2) is 0 Å². The van der Waals surface area contributed by atoms with Gasteiger partial charge in [0, 0.05) is 15.7 Å². The fourth-order valence-electron chi connectivity index (χ4n) is 0.882. The molecule has 0 aliphatic carbocycles. The van der Waals surface area contributed by atoms with Crippen molar-refractivity contribution in [3.8, 4) is 0 Å². The Balaban J connectivity index is 3.53. The van der Waals surface area contributed by atoms with Crippen LogP contribution in [0.3, 0.4) is 0 Å². The van der Waals surface area contributed by atoms with E-state index in [9.17, 15) is 13.2 Å². The molecular formula is C7H4Cl2O4S. The van der Waals surface area contributed by atoms with E-state index in [0.717, 1.165) is 12.1 Å². The molecular weight excluding hydrogens is 251 g/mol. The maximum absolute atomic E-state index is 10.9. The highest BCUT2D eigenvalue weighted by Gasteiger charge is 2.20. The van der Waals surface area contributed by atoms with Crippen molar-refractivity contribution in [2.24, 2.45) is 0 Å². The molecule has 14 heavy (non-hydrogen) atoms. The van der Waals surface area contributed by atoms with E-state index in [0.29, 0.717) is 0 Å². The van der Waals surface area contributed by atoms with Crippen molar-refractivity contribution in [1.29, 1.82) is 0 Å². The zero-order valence-corrected chi connectivity index (χ0v) is 8.90. The van der Waals surface area contributed by atoms with Gasteiger partial charge in [-0.25, -0.2) is 13.2 Å². The standard InChI is InChI=1S/C7H4Cl2O4S/c8-4-1-2-6(14(9,12)13)5(3-4)7(10)11/h1-3H,(H,10,11). The third-order valence-electron chi connectivity index (χ3n) is 1.43. The van der Waals surface area contributed by atoms with Crippen LogP contribution < -0.4 is 0 Å². The van der Waals surface area contributed by atoms with Gasteiger partial charge in [0.05, 0.1) is 10.5 Å². The summed E-state index contributed by atoms with van der Waals surface area (Å²) in [4.78, 5) is 10.2. The molecule has 7 heteroatoms. The predicted molar refractivity (Wildman–Crippen MR) is 51.5 cm³/mol. The second-order valence-electron chi connectivity index (χ2n) is 2.38. The van der Waals surface area contributed by atoms with E-state index in [1.165, 1.54) is 6.07 Å². The van der Waals surface area contributed by atoms with E-state index < -0.39 is 25.5 Å². The molecule has 0 atom stereocenters. The van der Waals surface area contributed by atoms with Gasteiger partial charge in [0.25, 0.3) is 9.05 Å². The number of benzene rings is 1. The smallest absolute Gasteiger partial charge is 0.337 e. The van der Waals surface area contributed by atoms with E-state index in [-0.39, 0.29) is 5.02 Å². The Bertz CT molecular complexity index is 480. The van der Waals surface area contributed by atoms with Gasteiger partial charge >= 0.3 is 5.97 Å². The summed E-state index contributed by atoms with van der Waals surface area (Å²) in [6.45, 7) is 0. The maximum Gasteiger partial charge on any atom is 0.337 e. The second-order valence-corrected chi connectivity index (χ2v) is 5.35. The van der Waals surface area contributed by atoms with Crippen molar-refractivity contribution in [3.05, 3.63) is 28.8 Å². The fourth-order valence-corrected chi connectivity index (χ4v) is 2.10. The van der Waals surface area contributed by atoms with Crippen LogP contribution in [0.25, 0.3) is 0 Å². The summed E-state index contributed by atoms with van der Waals surface area (Å²) in [6.07, 6.45) is 0. The first-order valence-corrected chi connectivity index (χ1v) is 5.98. The lowest BCUT2D eigenvalue weighted by Crippen LogP contribution is -2.04. The second kappa shape index (κ2) is 3.76. The number of hydrogen-bond donors (Lipinski definition) is 1. The highest BCUT2D eigenvalue weighted by atomic mass is 35.7. The molecule has 0 aromatic heterocycles. The molecule has 1 aromatic carbocycles. The van der Waals surface area contributed by atoms with Gasteiger partial charge in [-0.2, -0.15) is 0 Å². The molecule has 0 heterocycles. The number of carboxylic acids is 1. The van der Waals surface area contributed by atoms with Gasteiger partial charge in [-0.3, -0.25) is 0 Å². The summed E-state index contributed by atoms with van der Waals surface area (Å²) < 4.78 is 21.9. The van der Waals surface area contributed by atoms with E-state index >= 15 is 0 Å². The molecule has 0 bridgehead atoms. The van der Waals surface area contributed by atoms with Gasteiger partial charge < -0.3 is 5.11 Å². The van der Waals surface area contributed by atoms with Crippen LogP contribution in [0, 0.1) is 0 Å². The van der Waals surface area contributed by atoms with Crippen LogP contribution in [0.4, 0.5) is 0 Å². The lowest BCUT2D eigenvalue weighted by atomic mass is 10.2. The molecule has 76 valence electrons. The molecule has 0 saturated carbocycles. The molecule has 1 rings (SSSR count). The Kier molecular flexibility index (Phi) is 3.04. The number of rotatable bonds is 2. The van der Waals surface area contributed by atoms with Crippen molar-refractivity contribution in [2.75, 3.05) is 0 Å². The van der Waals surface area contributed by atoms with Crippen LogP contribution in [0.2, 0.25) is 5.02 Å². The Morgan fingerprint density at radius 1 is 1.36 bits per heavy atom. The van der Waals surface area contributed by atoms with E-state index in [4.69, 9.17) is 27.4 Å². The molecule has 0 aliphatic rings. The van der Waals surface area contributed by atoms with Crippen LogP contribution in [0.5, 0.6) is 0 Å². The zero-order chi connectivity index (χ0) is 10.9. The van der Waals surface area contributed by atoms with Gasteiger partial charge in [0.1, 0.15) is 0 Å². The molecule has 0 aliphatic heterocycles. The lowest BCUT2D eigenvalue weighted by Gasteiger charge is -2.01. The van der Waals surface area contributed by atoms with Crippen LogP contribution in [0.15, 0.2) is 23.1 Å². The Hall–Kier alpha value is -0.780. The first-order chi connectivity index (χ1) is 6.32. The number of halogens is 2. The number of carbonyl (C=O) groups is 1. The molecule has 4 nitrogen and oxygen atoms in total. The lowest BCUT2D eigenvalue weighted by molar-refractivity contribution is 0.0692. The van der Waals surface area contributed by atoms with E-state index in [1.54, 1.807) is 0 Å². The van der Waals surface area contributed by atoms with E-state index in [2.05, 4.69) is 0 Å². The molecule has 0 saturated heterocycles. The first kappa shape index (κ1) is 11.3. The van der Waals surface area contributed by atoms with Gasteiger partial charge in [-0.05, 0) is 18.2 Å². The molecule has 0 spiro atoms. The predicted octanol–water partition coefficient (Wildman–Crippen LogP) is 1.97. The van der Waals surface area contributed by atoms with Gasteiger partial charge in [-0.1, -0.05) is 11.6 Å². The Labute approximate surface area is 89.5 Å². The van der Waals surface area contributed by atoms with Gasteiger partial charge in [-0.15, -0.1) is 0 Å². The summed E-state index contributed by atoms with van der Waals surface area (Å²) in [5, 5.41) is 8.80. The highest BCUT2D eigenvalue weighted by Crippen LogP contribution is 2.23. The van der Waals surface area contributed by atoms with Crippen LogP contribution in [0.1, 0.15) is 10.4 Å². The average molecular weight is 255 g/mol. The van der Waals surface area contributed by atoms with Crippen molar-refractivity contribution in [2.45, 2.75) is 4.90 Å². The van der Waals surface area contributed by atoms with Crippen molar-refractivity contribution < 1.29 is 18.3 Å². The molecule has 0 amide bonds. The zero-order valence-electron chi connectivity index (χ0n) is 6.57. The Morgan fingerprint density at radius 2 is 1.93 bits per heavy atom. The van der Waals surface area contributed by atoms with Crippen molar-refractivity contribution in [1.82, 2.24) is 0 Å². The van der Waals surface area contributed by atoms with Crippen LogP contribution >= 0.6 is 22.3 Å². The molecule has 0 fully saturated rings. The quantitative estimate of drug-likeness (QED) is 0.820. The van der Waals surface area contributed by atoms with E-state index in [1.807, 2.05) is 0 Å². The molecule has 1 aromatic rings. The molecule has 1 N–H and O–H groups in total. The van der Waals surface area contributed by atoms with Crippen molar-refractivity contribution >= 4 is 37.3 Å². The summed E-state index contributed by atoms with van der Waals surface area (Å²) in [7, 11) is 0.963. The summed E-state index contributed by atoms with van der Waals surface area (Å²) in [5.74, 6) is -1.40. The van der Waals surface area contributed by atoms with Crippen LogP contribution in [-0.2, 0) is 9.05 Å². The largest absolute Gasteiger partial charge is 0.478 e. The third-order valence-corrected chi connectivity index (χ3v) is 3.05. The average Bonchev–Trinajstić information content (AvgIpc) is 2.01. The normalized spacial score (nSPS) is 11.3. The molecule has 0 unspecified atom stereocenters. The monoisotopic (exact) mass is 254 g/mol. The number of carboxylic acid groups (broad SMARTS) is 1. The number of aromatic carboxylic acids is 1. The summed E-state index contributed by atoms with van der Waals surface area (Å²) >= 11 is 5.51. The summed E-state index contributed by atoms with van der Waals surface area (Å²) in [6, 6.07) is 3.33. The van der Waals surface area contributed by atoms with Crippen LogP contribution in [-0.4, -0.2) is 19.5 Å². The minimum Gasteiger partial charge on any atom is -0.478 e. The SMILES string of the molecule is O=C(O)c1cc(Cl)ccc1S(=O)(=O)Cl. The third kappa shape index (κ3) is 2.37. The minimum atomic E-state index is -4.06. The molecule has 0 radical (unpaired) electrons. The summed E-state index contributed by atoms with van der Waals surface area (Å²) in [5.41, 5.74) is -0.437. The Morgan fingerprint density at radius 3 is 2.36 bits per heavy atom. The van der Waals surface area contributed by atoms with Crippen molar-refractivity contribution in [3.63, 3.8) is 0 Å².